The molecule has 0 N–H and O–H groups in total. The lowest BCUT2D eigenvalue weighted by Gasteiger charge is -2.29. The van der Waals surface area contributed by atoms with E-state index in [2.05, 4.69) is 0 Å². The normalized spacial score (nSPS) is 11.4. The third kappa shape index (κ3) is 3.99. The van der Waals surface area contributed by atoms with Crippen molar-refractivity contribution in [3.8, 4) is 0 Å². The molecule has 0 amide bonds. The SMILES string of the molecule is CC(C)OC(=O)[Si](C(=O)OC(C)C)(c1ccccc1)c1ccccc1. The van der Waals surface area contributed by atoms with Gasteiger partial charge in [-0.15, -0.1) is 0 Å². The molecule has 4 nitrogen and oxygen atoms in total. The highest BCUT2D eigenvalue weighted by Gasteiger charge is 2.57. The fourth-order valence-electron chi connectivity index (χ4n) is 2.70. The minimum Gasteiger partial charge on any atom is -0.466 e. The first-order valence-corrected chi connectivity index (χ1v) is 10.4. The second-order valence-electron chi connectivity index (χ2n) is 6.39. The summed E-state index contributed by atoms with van der Waals surface area (Å²) in [6.45, 7) is 7.11. The Bertz CT molecular complexity index is 647. The van der Waals surface area contributed by atoms with Crippen LogP contribution in [0.5, 0.6) is 0 Å². The topological polar surface area (TPSA) is 52.6 Å². The summed E-state index contributed by atoms with van der Waals surface area (Å²) in [6, 6.07) is 18.2. The van der Waals surface area contributed by atoms with Crippen LogP contribution in [0.4, 0.5) is 9.59 Å². The smallest absolute Gasteiger partial charge is 0.370 e. The van der Waals surface area contributed by atoms with E-state index in [0.717, 1.165) is 0 Å². The first kappa shape index (κ1) is 18.9. The largest absolute Gasteiger partial charge is 0.466 e. The van der Waals surface area contributed by atoms with Gasteiger partial charge in [-0.25, -0.2) is 0 Å². The number of rotatable bonds is 6. The minimum absolute atomic E-state index is 0.321. The Morgan fingerprint density at radius 2 is 1.00 bits per heavy atom. The van der Waals surface area contributed by atoms with Crippen LogP contribution >= 0.6 is 0 Å². The molecule has 0 bridgehead atoms. The summed E-state index contributed by atoms with van der Waals surface area (Å²) in [5.74, 6) is 0. The van der Waals surface area contributed by atoms with Gasteiger partial charge < -0.3 is 9.47 Å². The highest BCUT2D eigenvalue weighted by Crippen LogP contribution is 2.15. The fraction of sp³-hybridized carbons (Fsp3) is 0.300. The van der Waals surface area contributed by atoms with Crippen LogP contribution in [-0.4, -0.2) is 31.5 Å². The fourth-order valence-corrected chi connectivity index (χ4v) is 6.36. The molecule has 0 aliphatic heterocycles. The molecular weight excluding hydrogens is 332 g/mol. The van der Waals surface area contributed by atoms with Gasteiger partial charge in [0, 0.05) is 0 Å². The van der Waals surface area contributed by atoms with Gasteiger partial charge in [-0.05, 0) is 38.1 Å². The predicted octanol–water partition coefficient (Wildman–Crippen LogP) is 3.50. The first-order valence-electron chi connectivity index (χ1n) is 8.42. The summed E-state index contributed by atoms with van der Waals surface area (Å²) < 4.78 is 11.1. The molecule has 0 unspecified atom stereocenters. The molecule has 0 fully saturated rings. The van der Waals surface area contributed by atoms with Gasteiger partial charge in [0.2, 0.25) is 0 Å². The van der Waals surface area contributed by atoms with Crippen LogP contribution in [0.1, 0.15) is 27.7 Å². The van der Waals surface area contributed by atoms with E-state index in [4.69, 9.17) is 9.47 Å². The van der Waals surface area contributed by atoms with E-state index in [9.17, 15) is 9.59 Å². The lowest BCUT2D eigenvalue weighted by atomic mass is 10.4. The summed E-state index contributed by atoms with van der Waals surface area (Å²) in [5, 5.41) is 1.33. The van der Waals surface area contributed by atoms with E-state index in [1.54, 1.807) is 27.7 Å². The van der Waals surface area contributed by atoms with Crippen molar-refractivity contribution in [1.82, 2.24) is 0 Å². The Morgan fingerprint density at radius 1 is 0.680 bits per heavy atom. The molecule has 0 spiro atoms. The maximum Gasteiger partial charge on any atom is 0.370 e. The molecule has 0 saturated heterocycles. The zero-order chi connectivity index (χ0) is 18.4. The third-order valence-electron chi connectivity index (χ3n) is 3.71. The second kappa shape index (κ2) is 8.12. The van der Waals surface area contributed by atoms with Gasteiger partial charge in [-0.2, -0.15) is 0 Å². The third-order valence-corrected chi connectivity index (χ3v) is 7.57. The van der Waals surface area contributed by atoms with E-state index in [1.165, 1.54) is 0 Å². The predicted molar refractivity (Wildman–Crippen MR) is 101 cm³/mol. The summed E-state index contributed by atoms with van der Waals surface area (Å²) in [4.78, 5) is 26.5. The van der Waals surface area contributed by atoms with Crippen molar-refractivity contribution in [3.05, 3.63) is 60.7 Å². The Kier molecular flexibility index (Phi) is 6.15. The average Bonchev–Trinajstić information content (AvgIpc) is 2.56. The van der Waals surface area contributed by atoms with Crippen LogP contribution < -0.4 is 10.4 Å². The van der Waals surface area contributed by atoms with Gasteiger partial charge in [0.05, 0.1) is 12.2 Å². The first-order chi connectivity index (χ1) is 11.9. The van der Waals surface area contributed by atoms with Gasteiger partial charge in [0.15, 0.2) is 0 Å². The monoisotopic (exact) mass is 356 g/mol. The molecule has 0 aliphatic rings. The van der Waals surface area contributed by atoms with Crippen molar-refractivity contribution in [2.45, 2.75) is 39.9 Å². The molecule has 132 valence electrons. The standard InChI is InChI=1S/C20H24O4Si/c1-15(2)23-19(21)25(20(22)24-16(3)4,17-11-7-5-8-12-17)18-13-9-6-10-14-18/h5-16H,1-4H3. The Morgan fingerprint density at radius 3 is 1.28 bits per heavy atom. The van der Waals surface area contributed by atoms with Gasteiger partial charge in [0.25, 0.3) is 11.2 Å². The number of carbonyl (C=O) groups is 2. The molecule has 2 aromatic rings. The minimum atomic E-state index is -3.60. The molecule has 25 heavy (non-hydrogen) atoms. The molecule has 0 aromatic heterocycles. The second-order valence-corrected chi connectivity index (χ2v) is 9.86. The van der Waals surface area contributed by atoms with Crippen molar-refractivity contribution in [2.24, 2.45) is 0 Å². The van der Waals surface area contributed by atoms with Crippen molar-refractivity contribution in [1.29, 1.82) is 0 Å². The number of carbonyl (C=O) groups excluding carboxylic acids is 2. The van der Waals surface area contributed by atoms with Crippen LogP contribution in [0.3, 0.4) is 0 Å². The van der Waals surface area contributed by atoms with E-state index < -0.39 is 19.3 Å². The molecule has 0 saturated carbocycles. The van der Waals surface area contributed by atoms with Crippen LogP contribution in [0.15, 0.2) is 60.7 Å². The zero-order valence-corrected chi connectivity index (χ0v) is 16.1. The van der Waals surface area contributed by atoms with Crippen LogP contribution in [0.2, 0.25) is 0 Å². The van der Waals surface area contributed by atoms with E-state index in [-0.39, 0.29) is 12.2 Å². The van der Waals surface area contributed by atoms with Crippen molar-refractivity contribution >= 4 is 29.6 Å². The number of benzene rings is 2. The lowest BCUT2D eigenvalue weighted by Crippen LogP contribution is -2.71. The zero-order valence-electron chi connectivity index (χ0n) is 15.1. The lowest BCUT2D eigenvalue weighted by molar-refractivity contribution is 0.130. The van der Waals surface area contributed by atoms with Crippen molar-refractivity contribution < 1.29 is 19.1 Å². The quantitative estimate of drug-likeness (QED) is 0.743. The molecule has 2 rings (SSSR count). The van der Waals surface area contributed by atoms with Gasteiger partial charge in [-0.3, -0.25) is 9.59 Å². The van der Waals surface area contributed by atoms with Crippen LogP contribution in [-0.2, 0) is 9.47 Å². The summed E-state index contributed by atoms with van der Waals surface area (Å²) in [6.07, 6.45) is -0.641. The molecule has 0 radical (unpaired) electrons. The van der Waals surface area contributed by atoms with E-state index in [0.29, 0.717) is 10.4 Å². The highest BCUT2D eigenvalue weighted by atomic mass is 28.3. The summed E-state index contributed by atoms with van der Waals surface area (Å²) in [7, 11) is -3.60. The maximum atomic E-state index is 13.2. The van der Waals surface area contributed by atoms with Gasteiger partial charge >= 0.3 is 8.07 Å². The maximum absolute atomic E-state index is 13.2. The molecule has 5 heteroatoms. The molecule has 0 aliphatic carbocycles. The van der Waals surface area contributed by atoms with E-state index in [1.807, 2.05) is 60.7 Å². The Hall–Kier alpha value is -2.40. The molecule has 0 atom stereocenters. The highest BCUT2D eigenvalue weighted by molar-refractivity contribution is 7.37. The summed E-state index contributed by atoms with van der Waals surface area (Å²) in [5.41, 5.74) is -0.990. The molecular formula is C20H24O4Si. The van der Waals surface area contributed by atoms with Crippen molar-refractivity contribution in [2.75, 3.05) is 0 Å². The number of hydrogen-bond acceptors (Lipinski definition) is 4. The summed E-state index contributed by atoms with van der Waals surface area (Å²) >= 11 is 0. The van der Waals surface area contributed by atoms with Crippen molar-refractivity contribution in [3.63, 3.8) is 0 Å². The molecule has 2 aromatic carbocycles. The Labute approximate surface area is 149 Å². The van der Waals surface area contributed by atoms with Gasteiger partial charge in [-0.1, -0.05) is 60.7 Å². The van der Waals surface area contributed by atoms with E-state index >= 15 is 0 Å². The average molecular weight is 356 g/mol. The number of ether oxygens (including phenoxy) is 2. The number of hydrogen-bond donors (Lipinski definition) is 0. The van der Waals surface area contributed by atoms with Crippen LogP contribution in [0.25, 0.3) is 0 Å². The molecule has 0 heterocycles. The Balaban J connectivity index is 2.73. The van der Waals surface area contributed by atoms with Gasteiger partial charge in [0.1, 0.15) is 0 Å². The van der Waals surface area contributed by atoms with Crippen LogP contribution in [0, 0.1) is 0 Å².